The molecule has 3 amide bonds. The van der Waals surface area contributed by atoms with Gasteiger partial charge in [-0.2, -0.15) is 0 Å². The third kappa shape index (κ3) is 21.6. The highest BCUT2D eigenvalue weighted by molar-refractivity contribution is 6.33. The zero-order chi connectivity index (χ0) is 56.8. The monoisotopic (exact) mass is 1130 g/mol. The normalized spacial score (nSPS) is 16.8. The predicted molar refractivity (Wildman–Crippen MR) is 305 cm³/mol. The van der Waals surface area contributed by atoms with Crippen LogP contribution in [0.25, 0.3) is 22.5 Å². The maximum Gasteiger partial charge on any atom is 0.412 e. The van der Waals surface area contributed by atoms with E-state index in [1.807, 2.05) is 24.3 Å². The second kappa shape index (κ2) is 30.6. The van der Waals surface area contributed by atoms with E-state index in [9.17, 15) is 23.6 Å². The van der Waals surface area contributed by atoms with E-state index in [0.717, 1.165) is 62.5 Å². The number of benzene rings is 2. The van der Waals surface area contributed by atoms with Crippen molar-refractivity contribution in [2.45, 2.75) is 128 Å². The van der Waals surface area contributed by atoms with Crippen molar-refractivity contribution in [2.75, 3.05) is 28.4 Å². The molecule has 0 saturated heterocycles. The molecule has 2 aromatic carbocycles. The molecule has 2 aliphatic carbocycles. The van der Waals surface area contributed by atoms with E-state index in [4.69, 9.17) is 44.9 Å². The van der Waals surface area contributed by atoms with Crippen LogP contribution in [0.3, 0.4) is 0 Å². The standard InChI is InChI=1S/C27H31ClN6O3.C15H18ClN5.C12H15NO4.CH3F.ClH/c1-27(2,3)37-26(36)33-19-11-9-17(10-12-19)24(35)31-20-7-4-8-21(14-20)32-25-30-16-22(28)23(34-25)18-6-5-13-29-15-18;16-13-9-19-15(20-12-5-1-4-11(17)7-12)21-14(13)10-3-2-6-18-8-10;1-12(2,3)17-11(16)13-9-6-4-8(5-7-9)10(14)15;1-2;/h5-6,9-13,15-16,20-21H,4,7-8,14H2,1-3H3,(H,31,35)(H,33,36)(H,30,32,34);2-3,6,8-9,11-12H,1,4-5,7,17H2,(H,19,20,21);4-7H,1-3H3,(H,13,16)(H,14,15);1H3;1H/t20-,21+;11-,12+;;;/m00.../s1/i;;;1D;. The number of halogens is 4. The molecule has 0 bridgehead atoms. The summed E-state index contributed by atoms with van der Waals surface area (Å²) in [4.78, 5) is 72.8. The maximum atomic E-state index is 12.8. The molecule has 0 unspecified atom stereocenters. The number of ether oxygens (including phenoxy) is 2. The third-order valence-electron chi connectivity index (χ3n) is 11.3. The highest BCUT2D eigenvalue weighted by Crippen LogP contribution is 2.29. The fourth-order valence-electron chi connectivity index (χ4n) is 7.97. The van der Waals surface area contributed by atoms with Crippen molar-refractivity contribution in [1.29, 1.82) is 0 Å². The summed E-state index contributed by atoms with van der Waals surface area (Å²) in [5.41, 5.74) is 9.62. The van der Waals surface area contributed by atoms with Gasteiger partial charge in [0.15, 0.2) is 0 Å². The summed E-state index contributed by atoms with van der Waals surface area (Å²) in [5, 5.41) is 24.8. The van der Waals surface area contributed by atoms with Crippen molar-refractivity contribution in [3.8, 4) is 22.5 Å². The Hall–Kier alpha value is -7.26. The fourth-order valence-corrected chi connectivity index (χ4v) is 8.37. The molecule has 0 radical (unpaired) electrons. The lowest BCUT2D eigenvalue weighted by molar-refractivity contribution is 0.0624. The number of anilines is 4. The van der Waals surface area contributed by atoms with Gasteiger partial charge in [-0.05, 0) is 166 Å². The number of aromatic carboxylic acids is 1. The lowest BCUT2D eigenvalue weighted by Crippen LogP contribution is -2.42. The summed E-state index contributed by atoms with van der Waals surface area (Å²) in [6, 6.07) is 20.8. The smallest absolute Gasteiger partial charge is 0.412 e. The van der Waals surface area contributed by atoms with Gasteiger partial charge in [0.2, 0.25) is 11.9 Å². The highest BCUT2D eigenvalue weighted by Gasteiger charge is 2.26. The first-order chi connectivity index (χ1) is 37.1. The molecule has 4 atom stereocenters. The van der Waals surface area contributed by atoms with Crippen molar-refractivity contribution in [3.63, 3.8) is 0 Å². The molecular formula is C55H68Cl3FN12O7. The van der Waals surface area contributed by atoms with E-state index in [0.29, 0.717) is 56.3 Å². The van der Waals surface area contributed by atoms with Gasteiger partial charge in [0.05, 0.1) is 47.9 Å². The molecule has 2 aliphatic rings. The highest BCUT2D eigenvalue weighted by atomic mass is 35.5. The Labute approximate surface area is 471 Å². The molecule has 78 heavy (non-hydrogen) atoms. The minimum atomic E-state index is -1.01. The summed E-state index contributed by atoms with van der Waals surface area (Å²) in [7, 11) is -1.00. The predicted octanol–water partition coefficient (Wildman–Crippen LogP) is 12.3. The van der Waals surface area contributed by atoms with E-state index in [1.165, 1.54) is 24.3 Å². The molecular weight excluding hydrogens is 1070 g/mol. The SMILES string of the molecule is CC(C)(C)OC(=O)Nc1ccc(C(=O)N[C@H]2CCC[C@@H](Nc3ncc(Cl)c(-c4cccnc4)n3)C2)cc1.CC(C)(C)OC(=O)Nc1ccc(C(=O)O)cc1.Cl.N[C@H]1CCC[C@@H](Nc2ncc(Cl)c(-c3cccnc3)n2)C1.[2H]CF. The lowest BCUT2D eigenvalue weighted by atomic mass is 9.91. The van der Waals surface area contributed by atoms with Gasteiger partial charge in [-0.25, -0.2) is 34.3 Å². The van der Waals surface area contributed by atoms with Gasteiger partial charge in [0.1, 0.15) is 11.2 Å². The lowest BCUT2D eigenvalue weighted by Gasteiger charge is -2.30. The molecule has 2 saturated carbocycles. The fraction of sp³-hybridized carbons (Fsp3) is 0.382. The first-order valence-corrected chi connectivity index (χ1v) is 25.6. The third-order valence-corrected chi connectivity index (χ3v) is 11.9. The second-order valence-corrected chi connectivity index (χ2v) is 20.7. The summed E-state index contributed by atoms with van der Waals surface area (Å²) in [6.07, 6.45) is 16.8. The number of hydrogen-bond donors (Lipinski definition) is 7. The number of pyridine rings is 2. The van der Waals surface area contributed by atoms with Gasteiger partial charge in [0, 0.05) is 77.0 Å². The molecule has 4 heterocycles. The Balaban J connectivity index is 0.000000271. The van der Waals surface area contributed by atoms with Gasteiger partial charge in [-0.1, -0.05) is 23.2 Å². The number of carbonyl (C=O) groups is 4. The maximum absolute atomic E-state index is 12.8. The van der Waals surface area contributed by atoms with Crippen LogP contribution < -0.4 is 32.3 Å². The first kappa shape index (κ1) is 61.6. The van der Waals surface area contributed by atoms with Crippen LogP contribution in [0.5, 0.6) is 0 Å². The number of nitrogens with zero attached hydrogens (tertiary/aromatic N) is 6. The van der Waals surface area contributed by atoms with Gasteiger partial charge in [-0.15, -0.1) is 12.4 Å². The quantitative estimate of drug-likeness (QED) is 0.0635. The molecule has 6 aromatic rings. The van der Waals surface area contributed by atoms with Gasteiger partial charge in [-0.3, -0.25) is 29.8 Å². The number of aromatic nitrogens is 6. The van der Waals surface area contributed by atoms with E-state index >= 15 is 0 Å². The largest absolute Gasteiger partial charge is 0.478 e. The molecule has 19 nitrogen and oxygen atoms in total. The summed E-state index contributed by atoms with van der Waals surface area (Å²) < 4.78 is 25.8. The number of nitrogens with one attached hydrogen (secondary N) is 5. The van der Waals surface area contributed by atoms with Crippen molar-refractivity contribution < 1.29 is 39.5 Å². The Morgan fingerprint density at radius 3 is 1.49 bits per heavy atom. The Morgan fingerprint density at radius 1 is 0.654 bits per heavy atom. The van der Waals surface area contributed by atoms with Crippen molar-refractivity contribution >= 4 is 82.9 Å². The number of carboxylic acid groups (broad SMARTS) is 1. The van der Waals surface area contributed by atoms with Crippen LogP contribution in [-0.4, -0.2) is 102 Å². The average Bonchev–Trinajstić information content (AvgIpc) is 3.38. The minimum absolute atomic E-state index is 0. The van der Waals surface area contributed by atoms with E-state index < -0.39 is 36.5 Å². The van der Waals surface area contributed by atoms with Crippen LogP contribution in [0.1, 0.15) is 115 Å². The number of carbonyl (C=O) groups excluding carboxylic acids is 3. The zero-order valence-corrected chi connectivity index (χ0v) is 46.6. The molecule has 8 rings (SSSR count). The van der Waals surface area contributed by atoms with Crippen LogP contribution >= 0.6 is 35.6 Å². The van der Waals surface area contributed by atoms with E-state index in [2.05, 4.69) is 56.5 Å². The minimum Gasteiger partial charge on any atom is -0.478 e. The number of carboxylic acids is 1. The van der Waals surface area contributed by atoms with Crippen LogP contribution in [0, 0.1) is 0 Å². The van der Waals surface area contributed by atoms with E-state index in [1.54, 1.807) is 103 Å². The number of hydrogen-bond acceptors (Lipinski definition) is 15. The average molecular weight is 1140 g/mol. The first-order valence-electron chi connectivity index (χ1n) is 25.5. The summed E-state index contributed by atoms with van der Waals surface area (Å²) in [5.74, 6) is -0.0736. The molecule has 418 valence electrons. The zero-order valence-electron chi connectivity index (χ0n) is 45.3. The van der Waals surface area contributed by atoms with Crippen molar-refractivity contribution in [2.24, 2.45) is 5.73 Å². The number of nitrogens with two attached hydrogens (primary N) is 1. The molecule has 0 spiro atoms. The number of rotatable bonds is 11. The van der Waals surface area contributed by atoms with Crippen molar-refractivity contribution in [1.82, 2.24) is 35.2 Å². The second-order valence-electron chi connectivity index (χ2n) is 19.9. The van der Waals surface area contributed by atoms with Crippen molar-refractivity contribution in [3.05, 3.63) is 131 Å². The summed E-state index contributed by atoms with van der Waals surface area (Å²) >= 11 is 12.5. The van der Waals surface area contributed by atoms with Gasteiger partial charge in [0.25, 0.3) is 5.91 Å². The number of alkyl halides is 1. The van der Waals surface area contributed by atoms with Crippen LogP contribution in [0.2, 0.25) is 10.0 Å². The van der Waals surface area contributed by atoms with Crippen LogP contribution in [0.15, 0.2) is 110 Å². The topological polar surface area (TPSA) is 270 Å². The Morgan fingerprint density at radius 2 is 1.08 bits per heavy atom. The Bertz CT molecular complexity index is 2880. The molecule has 8 N–H and O–H groups in total. The van der Waals surface area contributed by atoms with E-state index in [-0.39, 0.29) is 42.0 Å². The summed E-state index contributed by atoms with van der Waals surface area (Å²) in [6.45, 7) is 10.7. The molecule has 4 aromatic heterocycles. The van der Waals surface area contributed by atoms with Crippen LogP contribution in [-0.2, 0) is 9.47 Å². The number of amides is 3. The molecule has 0 aliphatic heterocycles. The molecule has 23 heteroatoms. The van der Waals surface area contributed by atoms with Gasteiger partial charge >= 0.3 is 18.2 Å². The van der Waals surface area contributed by atoms with Crippen LogP contribution in [0.4, 0.5) is 37.3 Å². The molecule has 2 fully saturated rings. The van der Waals surface area contributed by atoms with Gasteiger partial charge < -0.3 is 36.3 Å². The Kier molecular flexibility index (Phi) is 24.2.